The second kappa shape index (κ2) is 5.68. The minimum absolute atomic E-state index is 0.292. The summed E-state index contributed by atoms with van der Waals surface area (Å²) in [6, 6.07) is 6.91. The van der Waals surface area contributed by atoms with Gasteiger partial charge in [0.05, 0.1) is 14.2 Å². The second-order valence-corrected chi connectivity index (χ2v) is 3.80. The summed E-state index contributed by atoms with van der Waals surface area (Å²) in [5.74, 6) is -0.183. The number of benzene rings is 1. The highest BCUT2D eigenvalue weighted by Crippen LogP contribution is 2.34. The number of ether oxygens (including phenoxy) is 2. The molecule has 4 nitrogen and oxygen atoms in total. The lowest BCUT2D eigenvalue weighted by molar-refractivity contribution is -0.164. The third-order valence-electron chi connectivity index (χ3n) is 2.69. The molecule has 1 aromatic rings. The monoisotopic (exact) mass is 238 g/mol. The molecule has 1 N–H and O–H groups in total. The van der Waals surface area contributed by atoms with E-state index in [1.807, 2.05) is 6.92 Å². The summed E-state index contributed by atoms with van der Waals surface area (Å²) in [6.45, 7) is 1.89. The first-order valence-corrected chi connectivity index (χ1v) is 5.54. The molecule has 0 heterocycles. The van der Waals surface area contributed by atoms with Gasteiger partial charge in [-0.3, -0.25) is 0 Å². The predicted molar refractivity (Wildman–Crippen MR) is 63.8 cm³/mol. The standard InChI is InChI=1S/C13H18O4/c1-4-9-13(15,12(14)17-3)10-7-5-6-8-11(10)16-2/h5-8,15H,4,9H2,1-3H3. The average molecular weight is 238 g/mol. The molecule has 0 aliphatic rings. The maximum atomic E-state index is 11.8. The molecule has 1 atom stereocenters. The number of esters is 1. The number of methoxy groups -OCH3 is 2. The van der Waals surface area contributed by atoms with Gasteiger partial charge < -0.3 is 14.6 Å². The molecule has 0 aromatic heterocycles. The van der Waals surface area contributed by atoms with E-state index in [9.17, 15) is 9.90 Å². The smallest absolute Gasteiger partial charge is 0.342 e. The van der Waals surface area contributed by atoms with Gasteiger partial charge in [-0.2, -0.15) is 0 Å². The van der Waals surface area contributed by atoms with Crippen molar-refractivity contribution in [3.63, 3.8) is 0 Å². The quantitative estimate of drug-likeness (QED) is 0.795. The van der Waals surface area contributed by atoms with Crippen LogP contribution in [0, 0.1) is 0 Å². The molecule has 1 rings (SSSR count). The number of hydrogen-bond acceptors (Lipinski definition) is 4. The van der Waals surface area contributed by atoms with Crippen molar-refractivity contribution < 1.29 is 19.4 Å². The molecule has 0 aliphatic heterocycles. The van der Waals surface area contributed by atoms with Gasteiger partial charge in [-0.15, -0.1) is 0 Å². The molecular formula is C13H18O4. The molecule has 0 bridgehead atoms. The molecule has 4 heteroatoms. The highest BCUT2D eigenvalue weighted by Gasteiger charge is 2.40. The van der Waals surface area contributed by atoms with Gasteiger partial charge in [0.1, 0.15) is 5.75 Å². The minimum Gasteiger partial charge on any atom is -0.496 e. The van der Waals surface area contributed by atoms with Crippen molar-refractivity contribution in [2.45, 2.75) is 25.4 Å². The number of aliphatic hydroxyl groups is 1. The molecular weight excluding hydrogens is 220 g/mol. The zero-order valence-corrected chi connectivity index (χ0v) is 10.4. The maximum absolute atomic E-state index is 11.8. The fourth-order valence-electron chi connectivity index (χ4n) is 1.86. The molecule has 0 radical (unpaired) electrons. The van der Waals surface area contributed by atoms with Crippen molar-refractivity contribution in [2.75, 3.05) is 14.2 Å². The normalized spacial score (nSPS) is 13.9. The van der Waals surface area contributed by atoms with Crippen LogP contribution < -0.4 is 4.74 Å². The summed E-state index contributed by atoms with van der Waals surface area (Å²) in [4.78, 5) is 11.8. The largest absolute Gasteiger partial charge is 0.496 e. The number of carbonyl (C=O) groups excluding carboxylic acids is 1. The first-order chi connectivity index (χ1) is 8.10. The number of para-hydroxylation sites is 1. The molecule has 0 saturated heterocycles. The molecule has 94 valence electrons. The SMILES string of the molecule is CCCC(O)(C(=O)OC)c1ccccc1OC. The van der Waals surface area contributed by atoms with Crippen molar-refractivity contribution in [1.82, 2.24) is 0 Å². The molecule has 17 heavy (non-hydrogen) atoms. The summed E-state index contributed by atoms with van der Waals surface area (Å²) < 4.78 is 9.84. The lowest BCUT2D eigenvalue weighted by atomic mass is 9.88. The van der Waals surface area contributed by atoms with E-state index >= 15 is 0 Å². The van der Waals surface area contributed by atoms with Crippen LogP contribution in [0.5, 0.6) is 5.75 Å². The van der Waals surface area contributed by atoms with Gasteiger partial charge >= 0.3 is 5.97 Å². The van der Waals surface area contributed by atoms with Crippen molar-refractivity contribution in [1.29, 1.82) is 0 Å². The Kier molecular flexibility index (Phi) is 4.52. The van der Waals surface area contributed by atoms with E-state index in [-0.39, 0.29) is 0 Å². The Morgan fingerprint density at radius 1 is 1.35 bits per heavy atom. The third kappa shape index (κ3) is 2.58. The summed E-state index contributed by atoms with van der Waals surface area (Å²) >= 11 is 0. The van der Waals surface area contributed by atoms with Crippen LogP contribution in [0.1, 0.15) is 25.3 Å². The Bertz CT molecular complexity index is 389. The van der Waals surface area contributed by atoms with Crippen LogP contribution >= 0.6 is 0 Å². The number of carbonyl (C=O) groups is 1. The van der Waals surface area contributed by atoms with Crippen LogP contribution in [0.3, 0.4) is 0 Å². The fourth-order valence-corrected chi connectivity index (χ4v) is 1.86. The Balaban J connectivity index is 3.26. The number of rotatable bonds is 5. The summed E-state index contributed by atoms with van der Waals surface area (Å²) in [6.07, 6.45) is 0.948. The van der Waals surface area contributed by atoms with Gasteiger partial charge in [-0.25, -0.2) is 4.79 Å². The Hall–Kier alpha value is -1.55. The third-order valence-corrected chi connectivity index (χ3v) is 2.69. The molecule has 0 saturated carbocycles. The molecule has 0 aliphatic carbocycles. The van der Waals surface area contributed by atoms with Crippen LogP contribution in [-0.4, -0.2) is 25.3 Å². The Morgan fingerprint density at radius 3 is 2.53 bits per heavy atom. The van der Waals surface area contributed by atoms with E-state index in [2.05, 4.69) is 4.74 Å². The van der Waals surface area contributed by atoms with E-state index in [4.69, 9.17) is 4.74 Å². The van der Waals surface area contributed by atoms with Crippen LogP contribution in [0.15, 0.2) is 24.3 Å². The molecule has 0 amide bonds. The first-order valence-electron chi connectivity index (χ1n) is 5.54. The van der Waals surface area contributed by atoms with Gasteiger partial charge in [0.15, 0.2) is 5.60 Å². The van der Waals surface area contributed by atoms with Gasteiger partial charge in [-0.05, 0) is 12.5 Å². The van der Waals surface area contributed by atoms with E-state index < -0.39 is 11.6 Å². The van der Waals surface area contributed by atoms with E-state index in [0.29, 0.717) is 24.2 Å². The van der Waals surface area contributed by atoms with E-state index in [0.717, 1.165) is 0 Å². The van der Waals surface area contributed by atoms with Gasteiger partial charge in [-0.1, -0.05) is 31.5 Å². The van der Waals surface area contributed by atoms with E-state index in [1.54, 1.807) is 24.3 Å². The van der Waals surface area contributed by atoms with Gasteiger partial charge in [0.2, 0.25) is 0 Å². The maximum Gasteiger partial charge on any atom is 0.342 e. The van der Waals surface area contributed by atoms with Crippen LogP contribution in [0.2, 0.25) is 0 Å². The van der Waals surface area contributed by atoms with Crippen LogP contribution in [0.4, 0.5) is 0 Å². The van der Waals surface area contributed by atoms with Crippen LogP contribution in [0.25, 0.3) is 0 Å². The summed E-state index contributed by atoms with van der Waals surface area (Å²) in [5.41, 5.74) is -1.20. The lowest BCUT2D eigenvalue weighted by Gasteiger charge is -2.26. The average Bonchev–Trinajstić information content (AvgIpc) is 2.37. The van der Waals surface area contributed by atoms with Gasteiger partial charge in [0, 0.05) is 5.56 Å². The first kappa shape index (κ1) is 13.5. The summed E-state index contributed by atoms with van der Waals surface area (Å²) in [7, 11) is 2.76. The van der Waals surface area contributed by atoms with Crippen LogP contribution in [-0.2, 0) is 15.1 Å². The Morgan fingerprint density at radius 2 is 2.00 bits per heavy atom. The topological polar surface area (TPSA) is 55.8 Å². The zero-order chi connectivity index (χ0) is 12.9. The number of hydrogen-bond donors (Lipinski definition) is 1. The second-order valence-electron chi connectivity index (χ2n) is 3.80. The van der Waals surface area contributed by atoms with E-state index in [1.165, 1.54) is 14.2 Å². The van der Waals surface area contributed by atoms with Gasteiger partial charge in [0.25, 0.3) is 0 Å². The molecule has 1 unspecified atom stereocenters. The fraction of sp³-hybridized carbons (Fsp3) is 0.462. The molecule has 0 spiro atoms. The minimum atomic E-state index is -1.64. The van der Waals surface area contributed by atoms with Crippen molar-refractivity contribution >= 4 is 5.97 Å². The van der Waals surface area contributed by atoms with Crippen molar-refractivity contribution in [3.05, 3.63) is 29.8 Å². The van der Waals surface area contributed by atoms with Crippen molar-refractivity contribution in [3.8, 4) is 5.75 Å². The molecule has 0 fully saturated rings. The molecule has 1 aromatic carbocycles. The Labute approximate surface area is 101 Å². The van der Waals surface area contributed by atoms with Crippen molar-refractivity contribution in [2.24, 2.45) is 0 Å². The zero-order valence-electron chi connectivity index (χ0n) is 10.4. The lowest BCUT2D eigenvalue weighted by Crippen LogP contribution is -2.37. The predicted octanol–water partition coefficient (Wildman–Crippen LogP) is 1.86. The highest BCUT2D eigenvalue weighted by atomic mass is 16.5. The highest BCUT2D eigenvalue weighted by molar-refractivity contribution is 5.82. The summed E-state index contributed by atoms with van der Waals surface area (Å²) in [5, 5.41) is 10.5.